The van der Waals surface area contributed by atoms with Crippen LogP contribution in [-0.4, -0.2) is 50.9 Å². The van der Waals surface area contributed by atoms with Crippen LogP contribution in [0.25, 0.3) is 0 Å². The Kier molecular flexibility index (Phi) is 9.03. The lowest BCUT2D eigenvalue weighted by Gasteiger charge is -2.26. The lowest BCUT2D eigenvalue weighted by Crippen LogP contribution is -2.40. The molecule has 0 bridgehead atoms. The molecule has 1 aliphatic rings. The second-order valence-corrected chi connectivity index (χ2v) is 7.77. The first-order valence-electron chi connectivity index (χ1n) is 10.1. The van der Waals surface area contributed by atoms with Crippen molar-refractivity contribution in [2.45, 2.75) is 20.1 Å². The van der Waals surface area contributed by atoms with Crippen LogP contribution in [-0.2, 0) is 17.9 Å². The molecule has 0 amide bonds. The highest BCUT2D eigenvalue weighted by molar-refractivity contribution is 6.32. The molecule has 164 valence electrons. The summed E-state index contributed by atoms with van der Waals surface area (Å²) in [6.45, 7) is 8.34. The minimum atomic E-state index is -0.419. The lowest BCUT2D eigenvalue weighted by molar-refractivity contribution is 0.0384. The normalized spacial score (nSPS) is 14.7. The third kappa shape index (κ3) is 6.46. The van der Waals surface area contributed by atoms with E-state index in [-0.39, 0.29) is 12.2 Å². The van der Waals surface area contributed by atoms with E-state index in [0.29, 0.717) is 34.7 Å². The standard InChI is InChI=1S/C22H27Cl2FN2O3/c1-2-29-21-13-16(14-26-6-7-27-8-10-28-11-9-27)12-19(24)22(21)30-15-17-18(23)4-3-5-20(17)25/h3-5,12-13,26H,2,6-11,14-15H2,1H3. The molecule has 8 heteroatoms. The van der Waals surface area contributed by atoms with Gasteiger partial charge in [-0.05, 0) is 36.8 Å². The van der Waals surface area contributed by atoms with Gasteiger partial charge in [0.15, 0.2) is 11.5 Å². The van der Waals surface area contributed by atoms with Gasteiger partial charge in [0.25, 0.3) is 0 Å². The van der Waals surface area contributed by atoms with Crippen LogP contribution in [0.3, 0.4) is 0 Å². The predicted molar refractivity (Wildman–Crippen MR) is 117 cm³/mol. The summed E-state index contributed by atoms with van der Waals surface area (Å²) in [6, 6.07) is 8.27. The van der Waals surface area contributed by atoms with Crippen LogP contribution < -0.4 is 14.8 Å². The molecule has 0 radical (unpaired) electrons. The fourth-order valence-electron chi connectivity index (χ4n) is 3.24. The summed E-state index contributed by atoms with van der Waals surface area (Å²) in [6.07, 6.45) is 0. The number of nitrogens with zero attached hydrogens (tertiary/aromatic N) is 1. The van der Waals surface area contributed by atoms with Crippen molar-refractivity contribution >= 4 is 23.2 Å². The SMILES string of the molecule is CCOc1cc(CNCCN2CCOCC2)cc(Cl)c1OCc1c(F)cccc1Cl. The van der Waals surface area contributed by atoms with Gasteiger partial charge < -0.3 is 19.5 Å². The van der Waals surface area contributed by atoms with E-state index in [1.807, 2.05) is 19.1 Å². The summed E-state index contributed by atoms with van der Waals surface area (Å²) < 4.78 is 30.9. The molecule has 3 rings (SSSR count). The Morgan fingerprint density at radius 3 is 2.67 bits per heavy atom. The largest absolute Gasteiger partial charge is 0.490 e. The molecule has 0 aliphatic carbocycles. The lowest BCUT2D eigenvalue weighted by atomic mass is 10.2. The third-order valence-electron chi connectivity index (χ3n) is 4.83. The molecule has 5 nitrogen and oxygen atoms in total. The fraction of sp³-hybridized carbons (Fsp3) is 0.455. The molecule has 30 heavy (non-hydrogen) atoms. The Morgan fingerprint density at radius 2 is 1.93 bits per heavy atom. The number of halogens is 3. The Labute approximate surface area is 187 Å². The zero-order valence-electron chi connectivity index (χ0n) is 17.1. The van der Waals surface area contributed by atoms with Crippen molar-refractivity contribution < 1.29 is 18.6 Å². The van der Waals surface area contributed by atoms with E-state index in [1.54, 1.807) is 12.1 Å². The predicted octanol–water partition coefficient (Wildman–Crippen LogP) is 4.53. The first kappa shape index (κ1) is 23.1. The fourth-order valence-corrected chi connectivity index (χ4v) is 3.74. The third-order valence-corrected chi connectivity index (χ3v) is 5.46. The number of ether oxygens (including phenoxy) is 3. The van der Waals surface area contributed by atoms with Crippen molar-refractivity contribution in [2.75, 3.05) is 46.0 Å². The van der Waals surface area contributed by atoms with Gasteiger partial charge in [0.05, 0.1) is 29.9 Å². The molecular weight excluding hydrogens is 430 g/mol. The van der Waals surface area contributed by atoms with Crippen molar-refractivity contribution in [1.29, 1.82) is 0 Å². The number of rotatable bonds is 10. The van der Waals surface area contributed by atoms with Gasteiger partial charge in [-0.3, -0.25) is 4.90 Å². The zero-order chi connectivity index (χ0) is 21.3. The average molecular weight is 457 g/mol. The highest BCUT2D eigenvalue weighted by atomic mass is 35.5. The summed E-state index contributed by atoms with van der Waals surface area (Å²) >= 11 is 12.6. The summed E-state index contributed by atoms with van der Waals surface area (Å²) in [5.41, 5.74) is 1.27. The maximum atomic E-state index is 14.0. The summed E-state index contributed by atoms with van der Waals surface area (Å²) in [5, 5.41) is 4.16. The van der Waals surface area contributed by atoms with E-state index in [2.05, 4.69) is 10.2 Å². The monoisotopic (exact) mass is 456 g/mol. The van der Waals surface area contributed by atoms with Crippen molar-refractivity contribution in [3.8, 4) is 11.5 Å². The second-order valence-electron chi connectivity index (χ2n) is 6.96. The summed E-state index contributed by atoms with van der Waals surface area (Å²) in [7, 11) is 0. The van der Waals surface area contributed by atoms with E-state index >= 15 is 0 Å². The maximum Gasteiger partial charge on any atom is 0.180 e. The van der Waals surface area contributed by atoms with Crippen LogP contribution in [0.2, 0.25) is 10.0 Å². The average Bonchev–Trinajstić information content (AvgIpc) is 2.73. The molecule has 1 heterocycles. The van der Waals surface area contributed by atoms with E-state index < -0.39 is 5.82 Å². The van der Waals surface area contributed by atoms with Crippen molar-refractivity contribution in [2.24, 2.45) is 0 Å². The Hall–Kier alpha value is -1.57. The second kappa shape index (κ2) is 11.7. The van der Waals surface area contributed by atoms with Gasteiger partial charge in [-0.25, -0.2) is 4.39 Å². The van der Waals surface area contributed by atoms with Crippen LogP contribution in [0.5, 0.6) is 11.5 Å². The van der Waals surface area contributed by atoms with Gasteiger partial charge in [0.1, 0.15) is 12.4 Å². The topological polar surface area (TPSA) is 43.0 Å². The molecule has 0 saturated carbocycles. The first-order chi connectivity index (χ1) is 14.6. The first-order valence-corrected chi connectivity index (χ1v) is 10.9. The van der Waals surface area contributed by atoms with Crippen molar-refractivity contribution in [1.82, 2.24) is 10.2 Å². The number of hydrogen-bond donors (Lipinski definition) is 1. The van der Waals surface area contributed by atoms with Crippen molar-refractivity contribution in [3.63, 3.8) is 0 Å². The smallest absolute Gasteiger partial charge is 0.180 e. The Morgan fingerprint density at radius 1 is 1.13 bits per heavy atom. The van der Waals surface area contributed by atoms with E-state index in [1.165, 1.54) is 6.07 Å². The maximum absolute atomic E-state index is 14.0. The Balaban J connectivity index is 1.61. The molecule has 1 fully saturated rings. The van der Waals surface area contributed by atoms with Crippen LogP contribution in [0.15, 0.2) is 30.3 Å². The van der Waals surface area contributed by atoms with E-state index in [4.69, 9.17) is 37.4 Å². The van der Waals surface area contributed by atoms with Crippen LogP contribution in [0.1, 0.15) is 18.1 Å². The molecule has 1 aliphatic heterocycles. The molecule has 2 aromatic carbocycles. The zero-order valence-corrected chi connectivity index (χ0v) is 18.6. The number of hydrogen-bond acceptors (Lipinski definition) is 5. The number of morpholine rings is 1. The molecule has 1 N–H and O–H groups in total. The molecule has 0 unspecified atom stereocenters. The van der Waals surface area contributed by atoms with Gasteiger partial charge in [-0.15, -0.1) is 0 Å². The van der Waals surface area contributed by atoms with E-state index in [9.17, 15) is 4.39 Å². The van der Waals surface area contributed by atoms with Gasteiger partial charge in [-0.1, -0.05) is 29.3 Å². The van der Waals surface area contributed by atoms with Gasteiger partial charge >= 0.3 is 0 Å². The minimum Gasteiger partial charge on any atom is -0.490 e. The van der Waals surface area contributed by atoms with Crippen LogP contribution >= 0.6 is 23.2 Å². The van der Waals surface area contributed by atoms with E-state index in [0.717, 1.165) is 45.0 Å². The molecule has 1 saturated heterocycles. The summed E-state index contributed by atoms with van der Waals surface area (Å²) in [5.74, 6) is 0.495. The van der Waals surface area contributed by atoms with Gasteiger partial charge in [0, 0.05) is 38.3 Å². The minimum absolute atomic E-state index is 0.0392. The molecule has 0 atom stereocenters. The van der Waals surface area contributed by atoms with Gasteiger partial charge in [0.2, 0.25) is 0 Å². The highest BCUT2D eigenvalue weighted by Gasteiger charge is 2.15. The van der Waals surface area contributed by atoms with Crippen LogP contribution in [0.4, 0.5) is 4.39 Å². The highest BCUT2D eigenvalue weighted by Crippen LogP contribution is 2.37. The molecule has 0 spiro atoms. The number of benzene rings is 2. The van der Waals surface area contributed by atoms with Gasteiger partial charge in [-0.2, -0.15) is 0 Å². The quantitative estimate of drug-likeness (QED) is 0.531. The molecular formula is C22H27Cl2FN2O3. The van der Waals surface area contributed by atoms with Crippen molar-refractivity contribution in [3.05, 3.63) is 57.3 Å². The number of nitrogens with one attached hydrogen (secondary N) is 1. The summed E-state index contributed by atoms with van der Waals surface area (Å²) in [4.78, 5) is 2.37. The Bertz CT molecular complexity index is 812. The van der Waals surface area contributed by atoms with Crippen LogP contribution in [0, 0.1) is 5.82 Å². The molecule has 0 aromatic heterocycles. The molecule has 2 aromatic rings.